The monoisotopic (exact) mass is 816 g/mol. The number of aromatic nitrogens is 6. The molecule has 58 heavy (non-hydrogen) atoms. The van der Waals surface area contributed by atoms with Crippen LogP contribution in [0.1, 0.15) is 39.7 Å². The Morgan fingerprint density at radius 3 is 1.52 bits per heavy atom. The van der Waals surface area contributed by atoms with Crippen LogP contribution in [0, 0.1) is 13.8 Å². The number of rotatable bonds is 9. The summed E-state index contributed by atoms with van der Waals surface area (Å²) in [6, 6.07) is 39.9. The molecule has 0 aliphatic rings. The van der Waals surface area contributed by atoms with Crippen molar-refractivity contribution < 1.29 is 17.9 Å². The van der Waals surface area contributed by atoms with Crippen LogP contribution in [0.5, 0.6) is 5.75 Å². The molecule has 0 saturated heterocycles. The fraction of sp³-hybridized carbons (Fsp3) is 0.130. The summed E-state index contributed by atoms with van der Waals surface area (Å²) in [5.74, 6) is 2.23. The van der Waals surface area contributed by atoms with E-state index in [4.69, 9.17) is 32.9 Å². The highest BCUT2D eigenvalue weighted by Crippen LogP contribution is 2.34. The van der Waals surface area contributed by atoms with Gasteiger partial charge in [-0.2, -0.15) is 13.2 Å². The predicted octanol–water partition coefficient (Wildman–Crippen LogP) is 12.4. The molecule has 4 aromatic carbocycles. The number of halogens is 5. The molecular formula is C46H37Cl2F3N6O. The second-order valence-electron chi connectivity index (χ2n) is 13.6. The van der Waals surface area contributed by atoms with Crippen molar-refractivity contribution in [2.75, 3.05) is 7.11 Å². The van der Waals surface area contributed by atoms with Crippen molar-refractivity contribution in [1.82, 2.24) is 29.9 Å². The molecule has 4 heterocycles. The molecule has 292 valence electrons. The molecule has 0 spiro atoms. The van der Waals surface area contributed by atoms with E-state index >= 15 is 0 Å². The zero-order valence-electron chi connectivity index (χ0n) is 31.7. The number of nitrogens with zero attached hydrogens (tertiary/aromatic N) is 4. The molecule has 8 rings (SSSR count). The summed E-state index contributed by atoms with van der Waals surface area (Å²) >= 11 is 12.1. The van der Waals surface area contributed by atoms with E-state index in [-0.39, 0.29) is 6.42 Å². The Morgan fingerprint density at radius 2 is 1.03 bits per heavy atom. The predicted molar refractivity (Wildman–Crippen MR) is 224 cm³/mol. The molecule has 4 aromatic heterocycles. The number of hydrogen-bond donors (Lipinski definition) is 2. The highest BCUT2D eigenvalue weighted by Gasteiger charge is 2.30. The zero-order chi connectivity index (χ0) is 40.8. The molecule has 2 N–H and O–H groups in total. The second kappa shape index (κ2) is 17.5. The van der Waals surface area contributed by atoms with Gasteiger partial charge in [0.05, 0.1) is 46.8 Å². The summed E-state index contributed by atoms with van der Waals surface area (Å²) in [6.07, 6.45) is -3.49. The summed E-state index contributed by atoms with van der Waals surface area (Å²) in [4.78, 5) is 25.5. The standard InChI is InChI=1S/C23H17ClF3N3.C23H20ClN3O/c1-14-4-2-7-19(28-14)22-21(16-8-10-18(24)11-9-16)29-20(30-22)13-15-5-3-6-17(12-15)23(25,26)27;1-15-5-3-8-20(25-15)23-22(17-9-11-19(28-2)12-10-17)26-21(27-23)14-16-6-4-7-18(24)13-16/h2-12H,13H2,1H3,(H,29,30);3-13H,14H2,1-2H3,(H,26,27). The third-order valence-electron chi connectivity index (χ3n) is 9.16. The maximum Gasteiger partial charge on any atom is 0.416 e. The Hall–Kier alpha value is -6.23. The van der Waals surface area contributed by atoms with E-state index in [1.807, 2.05) is 111 Å². The van der Waals surface area contributed by atoms with Gasteiger partial charge in [0.1, 0.15) is 17.4 Å². The van der Waals surface area contributed by atoms with Crippen LogP contribution < -0.4 is 4.74 Å². The highest BCUT2D eigenvalue weighted by molar-refractivity contribution is 6.30. The lowest BCUT2D eigenvalue weighted by Crippen LogP contribution is -2.05. The first-order chi connectivity index (χ1) is 27.9. The first-order valence-corrected chi connectivity index (χ1v) is 19.0. The number of benzene rings is 4. The van der Waals surface area contributed by atoms with E-state index in [1.165, 1.54) is 6.07 Å². The van der Waals surface area contributed by atoms with Gasteiger partial charge < -0.3 is 14.7 Å². The first-order valence-electron chi connectivity index (χ1n) is 18.3. The number of methoxy groups -OCH3 is 1. The fourth-order valence-corrected chi connectivity index (χ4v) is 6.75. The smallest absolute Gasteiger partial charge is 0.416 e. The SMILES string of the molecule is COc1ccc(-c2nc(Cc3cccc(Cl)c3)[nH]c2-c2cccc(C)n2)cc1.Cc1cccc(-c2[nH]c(Cc3cccc(C(F)(F)F)c3)nc2-c2ccc(Cl)cc2)n1. The molecule has 0 aliphatic carbocycles. The lowest BCUT2D eigenvalue weighted by molar-refractivity contribution is -0.137. The minimum absolute atomic E-state index is 0.232. The van der Waals surface area contributed by atoms with Gasteiger partial charge in [-0.15, -0.1) is 0 Å². The van der Waals surface area contributed by atoms with Crippen molar-refractivity contribution in [3.8, 4) is 51.0 Å². The normalized spacial score (nSPS) is 11.2. The molecule has 12 heteroatoms. The molecule has 0 radical (unpaired) electrons. The summed E-state index contributed by atoms with van der Waals surface area (Å²) in [6.45, 7) is 3.88. The number of aryl methyl sites for hydroxylation is 2. The highest BCUT2D eigenvalue weighted by atomic mass is 35.5. The minimum atomic E-state index is -4.38. The van der Waals surface area contributed by atoms with Crippen LogP contribution in [0.15, 0.2) is 133 Å². The van der Waals surface area contributed by atoms with E-state index in [0.717, 1.165) is 73.9 Å². The maximum absolute atomic E-state index is 13.0. The van der Waals surface area contributed by atoms with Crippen LogP contribution >= 0.6 is 23.2 Å². The van der Waals surface area contributed by atoms with E-state index in [2.05, 4.69) is 24.9 Å². The maximum atomic E-state index is 13.0. The third kappa shape index (κ3) is 9.82. The number of imidazole rings is 2. The van der Waals surface area contributed by atoms with E-state index in [0.29, 0.717) is 39.9 Å². The summed E-state index contributed by atoms with van der Waals surface area (Å²) in [7, 11) is 1.66. The number of pyridine rings is 2. The lowest BCUT2D eigenvalue weighted by Gasteiger charge is -2.07. The third-order valence-corrected chi connectivity index (χ3v) is 9.65. The molecule has 0 atom stereocenters. The van der Waals surface area contributed by atoms with Gasteiger partial charge in [-0.3, -0.25) is 9.97 Å². The molecule has 0 aliphatic heterocycles. The van der Waals surface area contributed by atoms with Crippen LogP contribution in [-0.2, 0) is 19.0 Å². The lowest BCUT2D eigenvalue weighted by atomic mass is 10.1. The quantitative estimate of drug-likeness (QED) is 0.151. The van der Waals surface area contributed by atoms with E-state index in [9.17, 15) is 13.2 Å². The van der Waals surface area contributed by atoms with Crippen molar-refractivity contribution in [2.24, 2.45) is 0 Å². The van der Waals surface area contributed by atoms with Crippen LogP contribution in [0.4, 0.5) is 13.2 Å². The minimum Gasteiger partial charge on any atom is -0.497 e. The molecule has 0 bridgehead atoms. The second-order valence-corrected chi connectivity index (χ2v) is 14.4. The average molecular weight is 818 g/mol. The van der Waals surface area contributed by atoms with Gasteiger partial charge in [0.25, 0.3) is 0 Å². The largest absolute Gasteiger partial charge is 0.497 e. The number of nitrogens with one attached hydrogen (secondary N) is 2. The van der Waals surface area contributed by atoms with Gasteiger partial charge >= 0.3 is 6.18 Å². The zero-order valence-corrected chi connectivity index (χ0v) is 33.2. The number of H-pyrrole nitrogens is 2. The van der Waals surface area contributed by atoms with Gasteiger partial charge in [0.2, 0.25) is 0 Å². The van der Waals surface area contributed by atoms with Gasteiger partial charge in [0, 0.05) is 45.4 Å². The van der Waals surface area contributed by atoms with Crippen molar-refractivity contribution in [2.45, 2.75) is 32.9 Å². The van der Waals surface area contributed by atoms with Crippen molar-refractivity contribution in [1.29, 1.82) is 0 Å². The van der Waals surface area contributed by atoms with Gasteiger partial charge in [-0.25, -0.2) is 9.97 Å². The Balaban J connectivity index is 0.000000177. The van der Waals surface area contributed by atoms with Crippen LogP contribution in [-0.4, -0.2) is 37.0 Å². The first kappa shape index (κ1) is 40.0. The molecule has 8 aromatic rings. The molecule has 0 saturated carbocycles. The number of hydrogen-bond acceptors (Lipinski definition) is 5. The number of alkyl halides is 3. The average Bonchev–Trinajstić information content (AvgIpc) is 3.83. The van der Waals surface area contributed by atoms with Crippen LogP contribution in [0.2, 0.25) is 10.0 Å². The van der Waals surface area contributed by atoms with E-state index < -0.39 is 11.7 Å². The van der Waals surface area contributed by atoms with Crippen LogP contribution in [0.25, 0.3) is 45.3 Å². The molecule has 0 unspecified atom stereocenters. The van der Waals surface area contributed by atoms with Crippen LogP contribution in [0.3, 0.4) is 0 Å². The van der Waals surface area contributed by atoms with Crippen molar-refractivity contribution in [3.05, 3.63) is 183 Å². The molecular weight excluding hydrogens is 780 g/mol. The molecule has 0 amide bonds. The fourth-order valence-electron chi connectivity index (χ4n) is 6.41. The number of aromatic amines is 2. The summed E-state index contributed by atoms with van der Waals surface area (Å²) in [5, 5.41) is 1.33. The summed E-state index contributed by atoms with van der Waals surface area (Å²) < 4.78 is 44.4. The molecule has 7 nitrogen and oxygen atoms in total. The van der Waals surface area contributed by atoms with Gasteiger partial charge in [-0.05, 0) is 104 Å². The number of ether oxygens (including phenoxy) is 1. The van der Waals surface area contributed by atoms with Gasteiger partial charge in [0.15, 0.2) is 0 Å². The molecule has 0 fully saturated rings. The van der Waals surface area contributed by atoms with Gasteiger partial charge in [-0.1, -0.05) is 77.8 Å². The Labute approximate surface area is 344 Å². The Morgan fingerprint density at radius 1 is 0.552 bits per heavy atom. The van der Waals surface area contributed by atoms with Crippen molar-refractivity contribution in [3.63, 3.8) is 0 Å². The van der Waals surface area contributed by atoms with E-state index in [1.54, 1.807) is 25.3 Å². The topological polar surface area (TPSA) is 92.4 Å². The Kier molecular flexibility index (Phi) is 12.1. The summed E-state index contributed by atoms with van der Waals surface area (Å²) in [5.41, 5.74) is 9.35. The Bertz CT molecular complexity index is 2660. The van der Waals surface area contributed by atoms with Crippen molar-refractivity contribution >= 4 is 23.2 Å².